The number of rotatable bonds is 21. The quantitative estimate of drug-likeness (QED) is 0.0238. The van der Waals surface area contributed by atoms with Crippen LogP contribution in [0.1, 0.15) is 124 Å². The van der Waals surface area contributed by atoms with Gasteiger partial charge in [-0.3, -0.25) is 58.7 Å². The van der Waals surface area contributed by atoms with Crippen LogP contribution in [0, 0.1) is 17.0 Å². The van der Waals surface area contributed by atoms with E-state index >= 15 is 0 Å². The third-order valence-corrected chi connectivity index (χ3v) is 22.4. The molecule has 1 fully saturated rings. The van der Waals surface area contributed by atoms with Crippen LogP contribution < -0.4 is 47.3 Å². The fourth-order valence-electron chi connectivity index (χ4n) is 13.8. The minimum absolute atomic E-state index is 0.0894. The van der Waals surface area contributed by atoms with Crippen molar-refractivity contribution < 1.29 is 51.9 Å². The fourth-order valence-corrected chi connectivity index (χ4v) is 14.9. The molecule has 0 saturated carbocycles. The van der Waals surface area contributed by atoms with Crippen molar-refractivity contribution in [2.45, 2.75) is 19.3 Å². The lowest BCUT2D eigenvalue weighted by Crippen LogP contribution is -2.35. The summed E-state index contributed by atoms with van der Waals surface area (Å²) >= 11 is 30.5. The van der Waals surface area contributed by atoms with Gasteiger partial charge in [0.05, 0.1) is 92.9 Å². The van der Waals surface area contributed by atoms with Crippen molar-refractivity contribution in [1.29, 1.82) is 5.41 Å². The van der Waals surface area contributed by atoms with Crippen LogP contribution >= 0.6 is 78.3 Å². The van der Waals surface area contributed by atoms with E-state index in [-0.39, 0.29) is 73.3 Å². The van der Waals surface area contributed by atoms with Crippen LogP contribution in [0.2, 0.25) is 20.1 Å². The highest BCUT2D eigenvalue weighted by Crippen LogP contribution is 2.35. The lowest BCUT2D eigenvalue weighted by molar-refractivity contribution is 0.100. The number of halogens is 8. The number of pyridine rings is 4. The van der Waals surface area contributed by atoms with E-state index in [0.29, 0.717) is 96.6 Å². The third kappa shape index (κ3) is 25.0. The molecular formula is C95H82Br2Cl4F2N20O9. The second kappa shape index (κ2) is 44.9. The van der Waals surface area contributed by atoms with E-state index in [1.807, 2.05) is 43.1 Å². The molecule has 0 atom stereocenters. The number of likely N-dealkylation sites (N-methyl/N-ethyl adjacent to an activating group) is 3. The Morgan fingerprint density at radius 1 is 0.356 bits per heavy atom. The van der Waals surface area contributed by atoms with Gasteiger partial charge >= 0.3 is 0 Å². The first-order valence-electron chi connectivity index (χ1n) is 40.8. The number of hydrogen-bond acceptors (Lipinski definition) is 20. The maximum Gasteiger partial charge on any atom is 0.259 e. The first-order valence-corrected chi connectivity index (χ1v) is 43.9. The van der Waals surface area contributed by atoms with E-state index in [9.17, 15) is 47.1 Å². The Morgan fingerprint density at radius 2 is 0.727 bits per heavy atom. The summed E-state index contributed by atoms with van der Waals surface area (Å²) in [5.41, 5.74) is 5.27. The molecule has 29 nitrogen and oxygen atoms in total. The van der Waals surface area contributed by atoms with Crippen LogP contribution in [0.4, 0.5) is 54.8 Å². The van der Waals surface area contributed by atoms with Crippen LogP contribution in [0.15, 0.2) is 261 Å². The van der Waals surface area contributed by atoms with Gasteiger partial charge in [0, 0.05) is 137 Å². The SMILES string of the molecule is CN1CCN=C1c1ccc(C(=O)Nc2ccc(Cl)cc2C(=O)Nc2ccc(Cl)cn2)c(F)c1.CN1CCN=C1c1ccc(C(=O)Nc2ccccc2C(=O)Nc2ccc(Br)cn2)c(F)c1.COc1cc(Cl)cc(C(=O)Nc2ccc(Cl)cn2)c1NC(=O)c1ccc(C2=NCCN2C)cc1.N=C(c1ccc(C(=O)Nc2ccccc2C(=O)Nc2ccc(Br)cn2)cc1)N1CCCCC1. The monoisotopic (exact) mass is 1980 g/mol. The number of aromatic nitrogens is 4. The van der Waals surface area contributed by atoms with Gasteiger partial charge in [0.25, 0.3) is 47.3 Å². The van der Waals surface area contributed by atoms with E-state index in [0.717, 1.165) is 78.0 Å². The van der Waals surface area contributed by atoms with Crippen molar-refractivity contribution >= 4 is 195 Å². The zero-order valence-electron chi connectivity index (χ0n) is 70.9. The van der Waals surface area contributed by atoms with Crippen LogP contribution in [0.3, 0.4) is 0 Å². The Morgan fingerprint density at radius 3 is 1.15 bits per heavy atom. The van der Waals surface area contributed by atoms with Crippen LogP contribution in [-0.4, -0.2) is 191 Å². The van der Waals surface area contributed by atoms with Gasteiger partial charge in [0.2, 0.25) is 0 Å². The van der Waals surface area contributed by atoms with Crippen molar-refractivity contribution in [2.75, 3.05) is 123 Å². The average molecular weight is 1990 g/mol. The van der Waals surface area contributed by atoms with Crippen LogP contribution in [0.25, 0.3) is 0 Å². The van der Waals surface area contributed by atoms with E-state index in [1.54, 1.807) is 152 Å². The Kier molecular flexibility index (Phi) is 32.4. The Balaban J connectivity index is 0.000000150. The Hall–Kier alpha value is -14.2. The number of carbonyl (C=O) groups is 8. The van der Waals surface area contributed by atoms with Crippen molar-refractivity contribution in [2.24, 2.45) is 15.0 Å². The molecule has 0 spiro atoms. The number of amides is 8. The molecule has 1 saturated heterocycles. The number of anilines is 8. The lowest BCUT2D eigenvalue weighted by atomic mass is 10.1. The van der Waals surface area contributed by atoms with Gasteiger partial charge < -0.3 is 66.9 Å². The molecule has 0 aliphatic carbocycles. The van der Waals surface area contributed by atoms with Crippen molar-refractivity contribution in [3.63, 3.8) is 0 Å². The van der Waals surface area contributed by atoms with Gasteiger partial charge in [0.1, 0.15) is 64.0 Å². The van der Waals surface area contributed by atoms with E-state index in [2.05, 4.69) is 119 Å². The number of hydrogen-bond donors (Lipinski definition) is 9. The minimum atomic E-state index is -0.707. The topological polar surface area (TPSA) is 367 Å². The summed E-state index contributed by atoms with van der Waals surface area (Å²) < 4.78 is 36.5. The molecule has 132 heavy (non-hydrogen) atoms. The largest absolute Gasteiger partial charge is 0.494 e. The summed E-state index contributed by atoms with van der Waals surface area (Å²) in [6.07, 6.45) is 9.38. The predicted octanol–water partition coefficient (Wildman–Crippen LogP) is 18.7. The standard InChI is InChI=1S/C25H24BrN5O2.C24H21Cl2N5O3.C23H19BrFN5O2.C23H18Cl2FN5O2/c26-19-12-13-22(28-16-19)30-25(33)20-6-2-3-7-21(20)29-24(32)18-10-8-17(9-11-18)23(27)31-14-4-1-5-15-31;1-31-10-9-27-22(31)14-3-5-15(6-4-14)23(32)30-21-18(11-17(26)12-19(21)34-2)24(33)29-20-8-7-16(25)13-28-20;1-30-11-10-26-21(30)14-6-8-16(18(25)12-14)22(31)28-19-5-3-2-4-17(19)23(32)29-20-9-7-15(24)13-27-20;1-31-9-8-27-21(31)13-2-5-16(18(26)10-13)22(32)29-19-6-3-14(24)11-17(19)23(33)30-20-7-4-15(25)12-28-20/h2-3,6-13,16,27H,1,4-5,14-15H2,(H,29,32)(H,28,30,33);3-8,11-13H,9-10H2,1-2H3,(H,30,32)(H,28,29,33);2-9,12-13H,10-11H2,1H3,(H,28,31)(H,27,29,32);2-7,10-12H,8-9H2,1H3,(H,29,32)(H,28,30,33). The Bertz CT molecular complexity index is 6450. The van der Waals surface area contributed by atoms with Gasteiger partial charge in [-0.05, 0) is 197 Å². The molecule has 37 heteroatoms. The molecule has 8 aromatic carbocycles. The minimum Gasteiger partial charge on any atom is -0.494 e. The number of piperidine rings is 1. The van der Waals surface area contributed by atoms with E-state index in [4.69, 9.17) is 56.5 Å². The van der Waals surface area contributed by atoms with Gasteiger partial charge in [0.15, 0.2) is 0 Å². The highest BCUT2D eigenvalue weighted by atomic mass is 79.9. The van der Waals surface area contributed by atoms with Gasteiger partial charge in [-0.1, -0.05) is 107 Å². The van der Waals surface area contributed by atoms with Crippen molar-refractivity contribution in [3.8, 4) is 5.75 Å². The molecule has 0 unspecified atom stereocenters. The summed E-state index contributed by atoms with van der Waals surface area (Å²) in [4.78, 5) is 140. The molecule has 0 bridgehead atoms. The van der Waals surface area contributed by atoms with Gasteiger partial charge in [-0.2, -0.15) is 0 Å². The summed E-state index contributed by atoms with van der Waals surface area (Å²) in [5.74, 6) is -1.03. The number of likely N-dealkylation sites (tertiary alicyclic amines) is 1. The number of para-hydroxylation sites is 2. The zero-order chi connectivity index (χ0) is 93.6. The smallest absolute Gasteiger partial charge is 0.259 e. The first-order chi connectivity index (χ1) is 63.6. The van der Waals surface area contributed by atoms with Gasteiger partial charge in [-0.25, -0.2) is 28.7 Å². The summed E-state index contributed by atoms with van der Waals surface area (Å²) in [6, 6.07) is 56.6. The van der Waals surface area contributed by atoms with Crippen LogP contribution in [0.5, 0.6) is 5.75 Å². The number of aliphatic imine (C=N–C) groups is 3. The molecule has 16 rings (SSSR count). The number of methoxy groups -OCH3 is 1. The second-order valence-electron chi connectivity index (χ2n) is 29.7. The maximum absolute atomic E-state index is 14.8. The lowest BCUT2D eigenvalue weighted by Gasteiger charge is -2.29. The molecule has 9 N–H and O–H groups in total. The normalized spacial score (nSPS) is 13.0. The second-order valence-corrected chi connectivity index (χ2v) is 33.3. The summed E-state index contributed by atoms with van der Waals surface area (Å²) in [7, 11) is 7.16. The zero-order valence-corrected chi connectivity index (χ0v) is 77.1. The number of nitrogens with one attached hydrogen (secondary N) is 9. The molecule has 4 aliphatic rings. The highest BCUT2D eigenvalue weighted by molar-refractivity contribution is 9.10. The third-order valence-electron chi connectivity index (χ3n) is 20.6. The first kappa shape index (κ1) is 95.4. The Labute approximate surface area is 793 Å². The summed E-state index contributed by atoms with van der Waals surface area (Å²) in [6.45, 7) is 6.24. The molecule has 0 radical (unpaired) electrons. The van der Waals surface area contributed by atoms with Crippen molar-refractivity contribution in [3.05, 3.63) is 345 Å². The average Bonchev–Trinajstić information content (AvgIpc) is 1.20. The number of nitrogens with zero attached hydrogens (tertiary/aromatic N) is 11. The molecule has 8 heterocycles. The number of carbonyl (C=O) groups excluding carboxylic acids is 8. The van der Waals surface area contributed by atoms with E-state index in [1.165, 1.54) is 86.6 Å². The van der Waals surface area contributed by atoms with E-state index < -0.39 is 47.1 Å². The molecular weight excluding hydrogens is 1900 g/mol. The van der Waals surface area contributed by atoms with Crippen molar-refractivity contribution in [1.82, 2.24) is 39.5 Å². The van der Waals surface area contributed by atoms with Crippen LogP contribution in [-0.2, 0) is 0 Å². The summed E-state index contributed by atoms with van der Waals surface area (Å²) in [5, 5.41) is 31.4. The molecule has 4 aromatic heterocycles. The molecule has 8 amide bonds. The number of benzene rings is 8. The fraction of sp³-hybridized carbons (Fsp3) is 0.158. The molecule has 4 aliphatic heterocycles. The number of amidine groups is 4. The van der Waals surface area contributed by atoms with Gasteiger partial charge in [-0.15, -0.1) is 0 Å². The maximum atomic E-state index is 14.8. The molecule has 12 aromatic rings. The predicted molar refractivity (Wildman–Crippen MR) is 518 cm³/mol. The highest BCUT2D eigenvalue weighted by Gasteiger charge is 2.28. The number of ether oxygens (including phenoxy) is 1. The molecule has 672 valence electrons.